The Bertz CT molecular complexity index is 951. The first kappa shape index (κ1) is 19.8. The summed E-state index contributed by atoms with van der Waals surface area (Å²) < 4.78 is 13.1. The molecule has 28 heavy (non-hydrogen) atoms. The summed E-state index contributed by atoms with van der Waals surface area (Å²) in [5.74, 6) is -0.469. The summed E-state index contributed by atoms with van der Waals surface area (Å²) >= 11 is 0. The van der Waals surface area contributed by atoms with Gasteiger partial charge in [0.15, 0.2) is 0 Å². The van der Waals surface area contributed by atoms with Gasteiger partial charge in [-0.1, -0.05) is 64.1 Å². The van der Waals surface area contributed by atoms with Gasteiger partial charge in [0.25, 0.3) is 0 Å². The lowest BCUT2D eigenvalue weighted by atomic mass is 9.86. The first-order valence-electron chi connectivity index (χ1n) is 9.50. The lowest BCUT2D eigenvalue weighted by molar-refractivity contribution is -0.115. The highest BCUT2D eigenvalue weighted by Gasteiger charge is 2.18. The number of nitrogens with one attached hydrogen (secondary N) is 2. The molecule has 1 amide bonds. The van der Waals surface area contributed by atoms with Crippen LogP contribution in [0.5, 0.6) is 0 Å². The smallest absolute Gasteiger partial charge is 0.228 e. The molecule has 0 aliphatic heterocycles. The number of hydrogen-bond acceptors (Lipinski definition) is 2. The van der Waals surface area contributed by atoms with Crippen LogP contribution >= 0.6 is 0 Å². The van der Waals surface area contributed by atoms with Gasteiger partial charge in [-0.25, -0.2) is 4.39 Å². The van der Waals surface area contributed by atoms with Crippen molar-refractivity contribution in [1.82, 2.24) is 10.2 Å². The van der Waals surface area contributed by atoms with Crippen molar-refractivity contribution in [3.05, 3.63) is 71.2 Å². The Labute approximate surface area is 165 Å². The van der Waals surface area contributed by atoms with Crippen molar-refractivity contribution < 1.29 is 9.18 Å². The van der Waals surface area contributed by atoms with Gasteiger partial charge < -0.3 is 5.32 Å². The van der Waals surface area contributed by atoms with Crippen molar-refractivity contribution >= 4 is 11.6 Å². The van der Waals surface area contributed by atoms with Gasteiger partial charge in [-0.15, -0.1) is 0 Å². The zero-order valence-corrected chi connectivity index (χ0v) is 16.8. The number of rotatable bonds is 5. The molecule has 1 aromatic heterocycles. The van der Waals surface area contributed by atoms with Gasteiger partial charge in [-0.05, 0) is 35.1 Å². The van der Waals surface area contributed by atoms with Gasteiger partial charge in [0, 0.05) is 5.56 Å². The van der Waals surface area contributed by atoms with Crippen molar-refractivity contribution in [2.75, 3.05) is 5.32 Å². The lowest BCUT2D eigenvalue weighted by Gasteiger charge is -2.19. The molecule has 0 saturated carbocycles. The van der Waals surface area contributed by atoms with E-state index in [1.165, 1.54) is 17.7 Å². The van der Waals surface area contributed by atoms with Crippen molar-refractivity contribution in [1.29, 1.82) is 0 Å². The minimum atomic E-state index is -0.312. The summed E-state index contributed by atoms with van der Waals surface area (Å²) in [7, 11) is 0. The molecule has 0 radical (unpaired) electrons. The van der Waals surface area contributed by atoms with E-state index in [0.29, 0.717) is 5.69 Å². The molecule has 0 atom stereocenters. The second-order valence-corrected chi connectivity index (χ2v) is 7.96. The van der Waals surface area contributed by atoms with Gasteiger partial charge in [-0.3, -0.25) is 9.89 Å². The molecule has 2 aromatic carbocycles. The highest BCUT2D eigenvalue weighted by molar-refractivity contribution is 5.96. The van der Waals surface area contributed by atoms with E-state index < -0.39 is 0 Å². The Morgan fingerprint density at radius 2 is 1.71 bits per heavy atom. The Balaban J connectivity index is 1.84. The second kappa shape index (κ2) is 7.97. The summed E-state index contributed by atoms with van der Waals surface area (Å²) in [5, 5.41) is 10.5. The van der Waals surface area contributed by atoms with Crippen LogP contribution in [0.3, 0.4) is 0 Å². The van der Waals surface area contributed by atoms with Crippen LogP contribution in [-0.4, -0.2) is 16.1 Å². The van der Waals surface area contributed by atoms with E-state index in [4.69, 9.17) is 0 Å². The third-order valence-corrected chi connectivity index (χ3v) is 4.76. The monoisotopic (exact) mass is 379 g/mol. The van der Waals surface area contributed by atoms with E-state index in [9.17, 15) is 9.18 Å². The number of aromatic amines is 1. The molecule has 0 bridgehead atoms. The van der Waals surface area contributed by atoms with Crippen molar-refractivity contribution in [2.45, 2.75) is 46.0 Å². The highest BCUT2D eigenvalue weighted by atomic mass is 19.1. The number of aromatic nitrogens is 2. The van der Waals surface area contributed by atoms with Gasteiger partial charge in [0.1, 0.15) is 11.5 Å². The Morgan fingerprint density at radius 1 is 1.07 bits per heavy atom. The van der Waals surface area contributed by atoms with Crippen LogP contribution in [-0.2, 0) is 23.1 Å². The number of amides is 1. The van der Waals surface area contributed by atoms with E-state index in [0.717, 1.165) is 28.9 Å². The molecule has 2 N–H and O–H groups in total. The first-order chi connectivity index (χ1) is 13.3. The number of hydrogen-bond donors (Lipinski definition) is 2. The quantitative estimate of drug-likeness (QED) is 0.635. The molecule has 0 fully saturated rings. The van der Waals surface area contributed by atoms with Gasteiger partial charge in [-0.2, -0.15) is 5.10 Å². The van der Waals surface area contributed by atoms with Crippen molar-refractivity contribution in [3.63, 3.8) is 0 Å². The van der Waals surface area contributed by atoms with Gasteiger partial charge in [0.05, 0.1) is 17.8 Å². The predicted molar refractivity (Wildman–Crippen MR) is 111 cm³/mol. The van der Waals surface area contributed by atoms with Crippen molar-refractivity contribution in [2.24, 2.45) is 0 Å². The fourth-order valence-corrected chi connectivity index (χ4v) is 3.08. The number of H-pyrrole nitrogens is 1. The number of carbonyl (C=O) groups is 1. The number of halogens is 1. The summed E-state index contributed by atoms with van der Waals surface area (Å²) in [6, 6.07) is 14.2. The number of carbonyl (C=O) groups excluding carboxylic acids is 1. The topological polar surface area (TPSA) is 57.8 Å². The minimum Gasteiger partial charge on any atom is -0.322 e. The summed E-state index contributed by atoms with van der Waals surface area (Å²) in [6.07, 6.45) is 0.899. The normalized spacial score (nSPS) is 11.5. The lowest BCUT2D eigenvalue weighted by Crippen LogP contribution is -2.15. The number of nitrogens with zero attached hydrogens (tertiary/aromatic N) is 1. The van der Waals surface area contributed by atoms with Crippen LogP contribution in [0.4, 0.5) is 10.1 Å². The predicted octanol–water partition coefficient (Wildman–Crippen LogP) is 5.26. The largest absolute Gasteiger partial charge is 0.322 e. The molecule has 4 nitrogen and oxygen atoms in total. The summed E-state index contributed by atoms with van der Waals surface area (Å²) in [5.41, 5.74) is 5.33. The molecule has 3 aromatic rings. The van der Waals surface area contributed by atoms with E-state index in [1.54, 1.807) is 12.1 Å². The van der Waals surface area contributed by atoms with Crippen LogP contribution in [0.2, 0.25) is 0 Å². The fourth-order valence-electron chi connectivity index (χ4n) is 3.08. The maximum absolute atomic E-state index is 13.1. The third kappa shape index (κ3) is 4.47. The second-order valence-electron chi connectivity index (χ2n) is 7.96. The molecule has 0 aliphatic carbocycles. The standard InChI is InChI=1S/C23H26FN3O/c1-5-19-22(25-20(28)14-15-6-12-18(24)13-7-15)21(27-26-19)16-8-10-17(11-9-16)23(2,3)4/h6-13H,5,14H2,1-4H3,(H,25,28)(H,26,27). The Kier molecular flexibility index (Phi) is 5.63. The minimum absolute atomic E-state index is 0.0743. The molecule has 1 heterocycles. The van der Waals surface area contributed by atoms with E-state index in [2.05, 4.69) is 48.4 Å². The molecule has 3 rings (SSSR count). The molecular formula is C23H26FN3O. The average Bonchev–Trinajstić information content (AvgIpc) is 3.05. The Morgan fingerprint density at radius 3 is 2.29 bits per heavy atom. The van der Waals surface area contributed by atoms with Crippen LogP contribution in [0.25, 0.3) is 11.3 Å². The fraction of sp³-hybridized carbons (Fsp3) is 0.304. The van der Waals surface area contributed by atoms with Crippen LogP contribution in [0.15, 0.2) is 48.5 Å². The zero-order chi connectivity index (χ0) is 20.3. The number of anilines is 1. The van der Waals surface area contributed by atoms with E-state index >= 15 is 0 Å². The SMILES string of the molecule is CCc1[nH]nc(-c2ccc(C(C)(C)C)cc2)c1NC(=O)Cc1ccc(F)cc1. The van der Waals surface area contributed by atoms with Gasteiger partial charge in [0.2, 0.25) is 5.91 Å². The highest BCUT2D eigenvalue weighted by Crippen LogP contribution is 2.31. The summed E-state index contributed by atoms with van der Waals surface area (Å²) in [4.78, 5) is 12.6. The molecule has 146 valence electrons. The van der Waals surface area contributed by atoms with Crippen LogP contribution < -0.4 is 5.32 Å². The molecular weight excluding hydrogens is 353 g/mol. The molecule has 0 aliphatic rings. The average molecular weight is 379 g/mol. The maximum Gasteiger partial charge on any atom is 0.228 e. The van der Waals surface area contributed by atoms with Crippen molar-refractivity contribution in [3.8, 4) is 11.3 Å². The molecule has 0 spiro atoms. The first-order valence-corrected chi connectivity index (χ1v) is 9.50. The van der Waals surface area contributed by atoms with Gasteiger partial charge >= 0.3 is 0 Å². The van der Waals surface area contributed by atoms with E-state index in [1.807, 2.05) is 19.1 Å². The maximum atomic E-state index is 13.1. The van der Waals surface area contributed by atoms with Crippen LogP contribution in [0.1, 0.15) is 44.5 Å². The Hall–Kier alpha value is -2.95. The molecule has 0 saturated heterocycles. The summed E-state index contributed by atoms with van der Waals surface area (Å²) in [6.45, 7) is 8.53. The van der Waals surface area contributed by atoms with Crippen LogP contribution in [0, 0.1) is 5.82 Å². The molecule has 5 heteroatoms. The number of aryl methyl sites for hydroxylation is 1. The zero-order valence-electron chi connectivity index (χ0n) is 16.8. The third-order valence-electron chi connectivity index (χ3n) is 4.76. The van der Waals surface area contributed by atoms with E-state index in [-0.39, 0.29) is 23.6 Å². The molecule has 0 unspecified atom stereocenters. The number of benzene rings is 2.